The molecule has 0 saturated carbocycles. The lowest BCUT2D eigenvalue weighted by Crippen LogP contribution is -2.42. The van der Waals surface area contributed by atoms with Gasteiger partial charge in [-0.25, -0.2) is 0 Å². The first-order valence-electron chi connectivity index (χ1n) is 9.36. The number of halogens is 3. The second-order valence-corrected chi connectivity index (χ2v) is 7.65. The summed E-state index contributed by atoms with van der Waals surface area (Å²) in [5.74, 6) is -1.21. The first-order valence-corrected chi connectivity index (χ1v) is 10.5. The number of carbonyl (C=O) groups excluding carboxylic acids is 2. The van der Waals surface area contributed by atoms with Crippen LogP contribution in [0.2, 0.25) is 15.1 Å². The molecule has 1 aromatic rings. The van der Waals surface area contributed by atoms with E-state index in [9.17, 15) is 9.59 Å². The molecule has 0 radical (unpaired) electrons. The molecular formula is C20H27Cl3O4. The maximum Gasteiger partial charge on any atom is 0.328 e. The van der Waals surface area contributed by atoms with Crippen LogP contribution in [-0.2, 0) is 14.3 Å². The Bertz CT molecular complexity index is 642. The molecule has 0 atom stereocenters. The first-order chi connectivity index (χ1) is 12.8. The molecule has 0 aliphatic heterocycles. The van der Waals surface area contributed by atoms with Crippen LogP contribution < -0.4 is 4.74 Å². The van der Waals surface area contributed by atoms with Gasteiger partial charge < -0.3 is 9.47 Å². The van der Waals surface area contributed by atoms with Gasteiger partial charge in [-0.15, -0.1) is 0 Å². The SMILES string of the molecule is CCCCCCCOC(=O)C(CC)(CC)C(=O)Oc1cc(Cl)c(Cl)cc1Cl. The predicted molar refractivity (Wildman–Crippen MR) is 110 cm³/mol. The molecule has 27 heavy (non-hydrogen) atoms. The molecule has 0 amide bonds. The van der Waals surface area contributed by atoms with E-state index in [0.717, 1.165) is 25.7 Å². The minimum atomic E-state index is -1.38. The van der Waals surface area contributed by atoms with Crippen LogP contribution in [0.3, 0.4) is 0 Å². The van der Waals surface area contributed by atoms with E-state index in [1.54, 1.807) is 13.8 Å². The third kappa shape index (κ3) is 6.55. The monoisotopic (exact) mass is 436 g/mol. The van der Waals surface area contributed by atoms with Crippen molar-refractivity contribution in [1.82, 2.24) is 0 Å². The van der Waals surface area contributed by atoms with Crippen LogP contribution in [0.4, 0.5) is 0 Å². The van der Waals surface area contributed by atoms with Crippen LogP contribution in [0.15, 0.2) is 12.1 Å². The molecule has 1 aromatic carbocycles. The molecule has 0 aromatic heterocycles. The normalized spacial score (nSPS) is 11.3. The van der Waals surface area contributed by atoms with Crippen molar-refractivity contribution in [3.8, 4) is 5.75 Å². The van der Waals surface area contributed by atoms with Crippen LogP contribution >= 0.6 is 34.8 Å². The summed E-state index contributed by atoms with van der Waals surface area (Å²) in [5.41, 5.74) is -1.38. The number of carbonyl (C=O) groups is 2. The van der Waals surface area contributed by atoms with Gasteiger partial charge in [-0.05, 0) is 25.3 Å². The number of unbranched alkanes of at least 4 members (excludes halogenated alkanes) is 4. The number of esters is 2. The lowest BCUT2D eigenvalue weighted by Gasteiger charge is -2.27. The highest BCUT2D eigenvalue weighted by molar-refractivity contribution is 6.43. The topological polar surface area (TPSA) is 52.6 Å². The number of benzene rings is 1. The van der Waals surface area contributed by atoms with Crippen molar-refractivity contribution in [1.29, 1.82) is 0 Å². The molecular weight excluding hydrogens is 411 g/mol. The number of ether oxygens (including phenoxy) is 2. The molecule has 152 valence electrons. The van der Waals surface area contributed by atoms with Crippen LogP contribution in [0.1, 0.15) is 65.7 Å². The fourth-order valence-electron chi connectivity index (χ4n) is 2.70. The lowest BCUT2D eigenvalue weighted by molar-refractivity contribution is -0.168. The number of hydrogen-bond acceptors (Lipinski definition) is 4. The Morgan fingerprint density at radius 3 is 2.04 bits per heavy atom. The van der Waals surface area contributed by atoms with Gasteiger partial charge in [0.05, 0.1) is 21.7 Å². The van der Waals surface area contributed by atoms with E-state index in [2.05, 4.69) is 6.92 Å². The highest BCUT2D eigenvalue weighted by Crippen LogP contribution is 2.37. The predicted octanol–water partition coefficient (Wildman–Crippen LogP) is 6.87. The first kappa shape index (κ1) is 24.1. The summed E-state index contributed by atoms with van der Waals surface area (Å²) < 4.78 is 10.8. The van der Waals surface area contributed by atoms with Crippen molar-refractivity contribution in [3.05, 3.63) is 27.2 Å². The summed E-state index contributed by atoms with van der Waals surface area (Å²) >= 11 is 17.9. The number of hydrogen-bond donors (Lipinski definition) is 0. The Morgan fingerprint density at radius 2 is 1.44 bits per heavy atom. The Balaban J connectivity index is 2.81. The van der Waals surface area contributed by atoms with Crippen LogP contribution in [0.5, 0.6) is 5.75 Å². The van der Waals surface area contributed by atoms with Crippen molar-refractivity contribution in [2.24, 2.45) is 5.41 Å². The maximum absolute atomic E-state index is 12.8. The van der Waals surface area contributed by atoms with Crippen molar-refractivity contribution in [2.45, 2.75) is 65.7 Å². The van der Waals surface area contributed by atoms with Crippen LogP contribution in [-0.4, -0.2) is 18.5 Å². The molecule has 0 saturated heterocycles. The Kier molecular flexibility index (Phi) is 10.5. The van der Waals surface area contributed by atoms with Crippen molar-refractivity contribution in [3.63, 3.8) is 0 Å². The summed E-state index contributed by atoms with van der Waals surface area (Å²) in [6, 6.07) is 2.75. The van der Waals surface area contributed by atoms with Gasteiger partial charge in [0.2, 0.25) is 0 Å². The van der Waals surface area contributed by atoms with E-state index in [0.29, 0.717) is 6.61 Å². The van der Waals surface area contributed by atoms with Crippen LogP contribution in [0, 0.1) is 5.41 Å². The second kappa shape index (κ2) is 11.8. The fraction of sp³-hybridized carbons (Fsp3) is 0.600. The maximum atomic E-state index is 12.8. The molecule has 0 fully saturated rings. The van der Waals surface area contributed by atoms with E-state index in [-0.39, 0.29) is 33.7 Å². The third-order valence-electron chi connectivity index (χ3n) is 4.65. The highest BCUT2D eigenvalue weighted by Gasteiger charge is 2.46. The van der Waals surface area contributed by atoms with E-state index in [1.807, 2.05) is 0 Å². The minimum absolute atomic E-state index is 0.0645. The Labute approximate surface area is 176 Å². The second-order valence-electron chi connectivity index (χ2n) is 6.43. The van der Waals surface area contributed by atoms with Gasteiger partial charge >= 0.3 is 11.9 Å². The smallest absolute Gasteiger partial charge is 0.328 e. The van der Waals surface area contributed by atoms with Gasteiger partial charge in [0.1, 0.15) is 0 Å². The molecule has 7 heteroatoms. The highest BCUT2D eigenvalue weighted by atomic mass is 35.5. The molecule has 4 nitrogen and oxygen atoms in total. The summed E-state index contributed by atoms with van der Waals surface area (Å²) in [7, 11) is 0. The van der Waals surface area contributed by atoms with E-state index >= 15 is 0 Å². The molecule has 0 bridgehead atoms. The molecule has 0 aliphatic carbocycles. The van der Waals surface area contributed by atoms with Gasteiger partial charge in [0.25, 0.3) is 0 Å². The van der Waals surface area contributed by atoms with Crippen LogP contribution in [0.25, 0.3) is 0 Å². The van der Waals surface area contributed by atoms with Gasteiger partial charge in [0, 0.05) is 6.07 Å². The summed E-state index contributed by atoms with van der Waals surface area (Å²) in [5, 5.41) is 0.599. The lowest BCUT2D eigenvalue weighted by atomic mass is 9.82. The van der Waals surface area contributed by atoms with Crippen molar-refractivity contribution < 1.29 is 19.1 Å². The van der Waals surface area contributed by atoms with Crippen molar-refractivity contribution >= 4 is 46.7 Å². The molecule has 0 spiro atoms. The summed E-state index contributed by atoms with van der Waals surface area (Å²) in [4.78, 5) is 25.5. The molecule has 0 aliphatic rings. The molecule has 0 heterocycles. The van der Waals surface area contributed by atoms with Gasteiger partial charge in [0.15, 0.2) is 11.2 Å². The molecule has 0 N–H and O–H groups in total. The number of rotatable bonds is 11. The zero-order valence-electron chi connectivity index (χ0n) is 16.1. The zero-order valence-corrected chi connectivity index (χ0v) is 18.3. The fourth-order valence-corrected chi connectivity index (χ4v) is 3.27. The molecule has 0 unspecified atom stereocenters. The quantitative estimate of drug-likeness (QED) is 0.125. The minimum Gasteiger partial charge on any atom is -0.465 e. The molecule has 1 rings (SSSR count). The average molecular weight is 438 g/mol. The average Bonchev–Trinajstić information content (AvgIpc) is 2.64. The van der Waals surface area contributed by atoms with Gasteiger partial charge in [-0.1, -0.05) is 81.3 Å². The van der Waals surface area contributed by atoms with E-state index in [4.69, 9.17) is 44.3 Å². The van der Waals surface area contributed by atoms with Crippen molar-refractivity contribution in [2.75, 3.05) is 6.61 Å². The summed E-state index contributed by atoms with van der Waals surface area (Å²) in [6.07, 6.45) is 5.72. The zero-order chi connectivity index (χ0) is 20.4. The third-order valence-corrected chi connectivity index (χ3v) is 5.66. The van der Waals surface area contributed by atoms with E-state index in [1.165, 1.54) is 18.6 Å². The van der Waals surface area contributed by atoms with E-state index < -0.39 is 17.4 Å². The Morgan fingerprint density at radius 1 is 0.852 bits per heavy atom. The van der Waals surface area contributed by atoms with Gasteiger partial charge in [-0.3, -0.25) is 9.59 Å². The Hall–Kier alpha value is -0.970. The largest absolute Gasteiger partial charge is 0.465 e. The standard InChI is InChI=1S/C20H27Cl3O4/c1-4-7-8-9-10-11-26-18(24)20(5-2,6-3)19(25)27-17-13-15(22)14(21)12-16(17)23/h12-13H,4-11H2,1-3H3. The summed E-state index contributed by atoms with van der Waals surface area (Å²) in [6.45, 7) is 5.95. The van der Waals surface area contributed by atoms with Gasteiger partial charge in [-0.2, -0.15) is 0 Å².